The van der Waals surface area contributed by atoms with Gasteiger partial charge in [0.15, 0.2) is 0 Å². The van der Waals surface area contributed by atoms with Gasteiger partial charge in [0.05, 0.1) is 19.3 Å². The fourth-order valence-corrected chi connectivity index (χ4v) is 4.85. The van der Waals surface area contributed by atoms with E-state index < -0.39 is 29.7 Å². The lowest BCUT2D eigenvalue weighted by Gasteiger charge is -2.35. The van der Waals surface area contributed by atoms with E-state index >= 15 is 0 Å². The molecule has 33 heavy (non-hydrogen) atoms. The smallest absolute Gasteiger partial charge is 0.441 e. The normalized spacial score (nSPS) is 15.1. The molecule has 3 rings (SSSR count). The van der Waals surface area contributed by atoms with Gasteiger partial charge in [-0.1, -0.05) is 0 Å². The first-order chi connectivity index (χ1) is 15.6. The number of pyridine rings is 1. The number of methoxy groups -OCH3 is 1. The largest absolute Gasteiger partial charge is 0.465 e. The van der Waals surface area contributed by atoms with Gasteiger partial charge in [0.2, 0.25) is 0 Å². The predicted octanol–water partition coefficient (Wildman–Crippen LogP) is 3.47. The molecule has 0 aromatic carbocycles. The number of ether oxygens (including phenoxy) is 2. The molecule has 2 N–H and O–H groups in total. The Morgan fingerprint density at radius 1 is 1.15 bits per heavy atom. The highest BCUT2D eigenvalue weighted by atomic mass is 32.1. The maximum absolute atomic E-state index is 14.5. The number of anilines is 1. The predicted molar refractivity (Wildman–Crippen MR) is 113 cm³/mol. The molecule has 0 saturated carbocycles. The number of hydrogen-bond donors (Lipinski definition) is 2. The molecular formula is C21H22F3N3O5S. The SMILES string of the molecule is CCOC(=O)[C@](NC(=O)c1ccncc1)(Nc1sc2c(c1C(=O)OC)CCCC2)C(F)(F)F. The van der Waals surface area contributed by atoms with E-state index in [1.54, 1.807) is 5.32 Å². The van der Waals surface area contributed by atoms with E-state index in [1.165, 1.54) is 31.5 Å². The summed E-state index contributed by atoms with van der Waals surface area (Å²) in [5.41, 5.74) is -3.29. The average Bonchev–Trinajstić information content (AvgIpc) is 3.15. The molecule has 2 heterocycles. The van der Waals surface area contributed by atoms with Crippen molar-refractivity contribution in [3.63, 3.8) is 0 Å². The Morgan fingerprint density at radius 2 is 1.82 bits per heavy atom. The van der Waals surface area contributed by atoms with Crippen LogP contribution >= 0.6 is 11.3 Å². The summed E-state index contributed by atoms with van der Waals surface area (Å²) in [6.07, 6.45) is -0.245. The number of nitrogens with zero attached hydrogens (tertiary/aromatic N) is 1. The Hall–Kier alpha value is -3.15. The van der Waals surface area contributed by atoms with Gasteiger partial charge in [-0.2, -0.15) is 13.2 Å². The lowest BCUT2D eigenvalue weighted by Crippen LogP contribution is -2.69. The van der Waals surface area contributed by atoms with E-state index in [0.717, 1.165) is 36.2 Å². The molecule has 0 spiro atoms. The van der Waals surface area contributed by atoms with E-state index in [-0.39, 0.29) is 22.7 Å². The van der Waals surface area contributed by atoms with Crippen molar-refractivity contribution in [2.75, 3.05) is 19.0 Å². The first kappa shape index (κ1) is 24.5. The summed E-state index contributed by atoms with van der Waals surface area (Å²) >= 11 is 0.926. The number of rotatable bonds is 7. The number of fused-ring (bicyclic) bond motifs is 1. The van der Waals surface area contributed by atoms with E-state index in [1.807, 2.05) is 0 Å². The van der Waals surface area contributed by atoms with Crippen LogP contribution in [0.1, 0.15) is 50.9 Å². The lowest BCUT2D eigenvalue weighted by atomic mass is 9.95. The molecule has 0 saturated heterocycles. The molecule has 12 heteroatoms. The molecular weight excluding hydrogens is 463 g/mol. The van der Waals surface area contributed by atoms with Crippen LogP contribution in [0.4, 0.5) is 18.2 Å². The standard InChI is InChI=1S/C21H22F3N3O5S/c1-3-32-19(30)20(21(22,23)24,26-16(28)12-8-10-25-11-9-12)27-17-15(18(29)31-2)13-6-4-5-7-14(13)33-17/h8-11,27H,3-7H2,1-2H3,(H,26,28)/t20-/m0/s1. The molecule has 8 nitrogen and oxygen atoms in total. The van der Waals surface area contributed by atoms with E-state index in [4.69, 9.17) is 9.47 Å². The van der Waals surface area contributed by atoms with Gasteiger partial charge in [0.25, 0.3) is 5.91 Å². The van der Waals surface area contributed by atoms with Gasteiger partial charge in [-0.3, -0.25) is 9.78 Å². The third-order valence-electron chi connectivity index (χ3n) is 5.11. The molecule has 0 fully saturated rings. The van der Waals surface area contributed by atoms with Crippen molar-refractivity contribution in [3.05, 3.63) is 46.1 Å². The third-order valence-corrected chi connectivity index (χ3v) is 6.32. The number of thiophene rings is 1. The van der Waals surface area contributed by atoms with E-state index in [0.29, 0.717) is 18.4 Å². The van der Waals surface area contributed by atoms with E-state index in [9.17, 15) is 27.6 Å². The van der Waals surface area contributed by atoms with Crippen LogP contribution in [0.25, 0.3) is 0 Å². The monoisotopic (exact) mass is 485 g/mol. The second-order valence-corrected chi connectivity index (χ2v) is 8.30. The lowest BCUT2D eigenvalue weighted by molar-refractivity contribution is -0.204. The molecule has 1 amide bonds. The van der Waals surface area contributed by atoms with E-state index in [2.05, 4.69) is 10.3 Å². The van der Waals surface area contributed by atoms with Crippen molar-refractivity contribution in [2.24, 2.45) is 0 Å². The highest BCUT2D eigenvalue weighted by Gasteiger charge is 2.64. The summed E-state index contributed by atoms with van der Waals surface area (Å²) in [7, 11) is 1.12. The number of nitrogens with one attached hydrogen (secondary N) is 2. The summed E-state index contributed by atoms with van der Waals surface area (Å²) in [6, 6.07) is 2.40. The fraction of sp³-hybridized carbons (Fsp3) is 0.429. The van der Waals surface area contributed by atoms with Gasteiger partial charge in [-0.25, -0.2) is 9.59 Å². The molecule has 1 atom stereocenters. The maximum atomic E-state index is 14.5. The molecule has 2 aromatic rings. The topological polar surface area (TPSA) is 107 Å². The average molecular weight is 485 g/mol. The van der Waals surface area contributed by atoms with Gasteiger partial charge in [-0.15, -0.1) is 11.3 Å². The fourth-order valence-electron chi connectivity index (χ4n) is 3.52. The summed E-state index contributed by atoms with van der Waals surface area (Å²) in [5, 5.41) is 3.66. The minimum atomic E-state index is -5.33. The van der Waals surface area contributed by atoms with Crippen molar-refractivity contribution in [1.82, 2.24) is 10.3 Å². The number of alkyl halides is 3. The molecule has 0 radical (unpaired) electrons. The summed E-state index contributed by atoms with van der Waals surface area (Å²) in [5.74, 6) is -3.78. The quantitative estimate of drug-likeness (QED) is 0.457. The number of aromatic nitrogens is 1. The molecule has 1 aliphatic carbocycles. The van der Waals surface area contributed by atoms with Crippen LogP contribution in [0, 0.1) is 0 Å². The third kappa shape index (κ3) is 4.80. The van der Waals surface area contributed by atoms with Gasteiger partial charge in [0, 0.05) is 22.8 Å². The Bertz CT molecular complexity index is 1040. The number of hydrogen-bond acceptors (Lipinski definition) is 8. The Labute approximate surface area is 191 Å². The molecule has 0 aliphatic heterocycles. The number of halogens is 3. The van der Waals surface area contributed by atoms with Gasteiger partial charge < -0.3 is 20.1 Å². The number of carbonyl (C=O) groups is 3. The van der Waals surface area contributed by atoms with Crippen molar-refractivity contribution in [3.8, 4) is 0 Å². The second kappa shape index (κ2) is 9.77. The first-order valence-corrected chi connectivity index (χ1v) is 10.9. The van der Waals surface area contributed by atoms with Crippen molar-refractivity contribution < 1.29 is 37.0 Å². The zero-order chi connectivity index (χ0) is 24.2. The van der Waals surface area contributed by atoms with Crippen LogP contribution < -0.4 is 10.6 Å². The van der Waals surface area contributed by atoms with Crippen molar-refractivity contribution in [1.29, 1.82) is 0 Å². The number of amides is 1. The number of esters is 2. The summed E-state index contributed by atoms with van der Waals surface area (Å²) < 4.78 is 53.0. The van der Waals surface area contributed by atoms with Gasteiger partial charge >= 0.3 is 23.8 Å². The van der Waals surface area contributed by atoms with Crippen LogP contribution in [0.5, 0.6) is 0 Å². The van der Waals surface area contributed by atoms with Crippen LogP contribution in [-0.2, 0) is 27.1 Å². The minimum absolute atomic E-state index is 0.0757. The highest BCUT2D eigenvalue weighted by molar-refractivity contribution is 7.16. The molecule has 178 valence electrons. The Morgan fingerprint density at radius 3 is 2.42 bits per heavy atom. The van der Waals surface area contributed by atoms with Crippen LogP contribution in [0.3, 0.4) is 0 Å². The Kier molecular flexibility index (Phi) is 7.25. The molecule has 0 unspecified atom stereocenters. The zero-order valence-corrected chi connectivity index (χ0v) is 18.7. The first-order valence-electron chi connectivity index (χ1n) is 10.1. The molecule has 1 aliphatic rings. The van der Waals surface area contributed by atoms with Gasteiger partial charge in [-0.05, 0) is 50.3 Å². The van der Waals surface area contributed by atoms with Crippen molar-refractivity contribution >= 4 is 34.2 Å². The van der Waals surface area contributed by atoms with Gasteiger partial charge in [0.1, 0.15) is 5.00 Å². The second-order valence-electron chi connectivity index (χ2n) is 7.19. The Balaban J connectivity index is 2.14. The van der Waals surface area contributed by atoms with Crippen LogP contribution in [-0.4, -0.2) is 48.4 Å². The summed E-state index contributed by atoms with van der Waals surface area (Å²) in [6.45, 7) is 0.974. The number of aryl methyl sites for hydroxylation is 1. The van der Waals surface area contributed by atoms with Crippen LogP contribution in [0.15, 0.2) is 24.5 Å². The zero-order valence-electron chi connectivity index (χ0n) is 17.9. The van der Waals surface area contributed by atoms with Crippen LogP contribution in [0.2, 0.25) is 0 Å². The molecule has 0 bridgehead atoms. The maximum Gasteiger partial charge on any atom is 0.441 e. The molecule has 2 aromatic heterocycles. The minimum Gasteiger partial charge on any atom is -0.465 e. The highest BCUT2D eigenvalue weighted by Crippen LogP contribution is 2.42. The summed E-state index contributed by atoms with van der Waals surface area (Å²) in [4.78, 5) is 42.4. The number of carbonyl (C=O) groups excluding carboxylic acids is 3. The van der Waals surface area contributed by atoms with Crippen molar-refractivity contribution in [2.45, 2.75) is 44.4 Å².